The van der Waals surface area contributed by atoms with Crippen molar-refractivity contribution < 1.29 is 9.59 Å². The molecule has 0 aromatic carbocycles. The molecule has 0 unspecified atom stereocenters. The Labute approximate surface area is 63.8 Å². The molecule has 1 amide bonds. The second kappa shape index (κ2) is 2.62. The minimum atomic E-state index is -0.111. The van der Waals surface area contributed by atoms with E-state index in [9.17, 15) is 9.59 Å². The number of nitrogens with zero attached hydrogens (tertiary/aromatic N) is 1. The molecule has 0 atom stereocenters. The molecule has 1 saturated heterocycles. The standard InChI is InChI=1S/C6H9NO2S/c1-4(2)7-3-5(8)10-6(7)9/h4H,3H2,1-2H3. The number of rotatable bonds is 1. The zero-order chi connectivity index (χ0) is 7.72. The van der Waals surface area contributed by atoms with E-state index in [0.717, 1.165) is 11.8 Å². The van der Waals surface area contributed by atoms with Gasteiger partial charge < -0.3 is 4.90 Å². The second-order valence-electron chi connectivity index (χ2n) is 2.46. The van der Waals surface area contributed by atoms with Gasteiger partial charge in [0.1, 0.15) is 0 Å². The summed E-state index contributed by atoms with van der Waals surface area (Å²) in [5, 5.41) is -0.154. The molecular weight excluding hydrogens is 150 g/mol. The number of hydrogen-bond donors (Lipinski definition) is 0. The molecule has 0 radical (unpaired) electrons. The molecule has 1 heterocycles. The van der Waals surface area contributed by atoms with E-state index in [1.807, 2.05) is 13.8 Å². The van der Waals surface area contributed by atoms with Crippen LogP contribution in [0.5, 0.6) is 0 Å². The van der Waals surface area contributed by atoms with Crippen molar-refractivity contribution in [1.29, 1.82) is 0 Å². The largest absolute Gasteiger partial charge is 0.323 e. The third-order valence-electron chi connectivity index (χ3n) is 1.36. The topological polar surface area (TPSA) is 37.4 Å². The first-order chi connectivity index (χ1) is 4.61. The number of hydrogen-bond acceptors (Lipinski definition) is 3. The molecule has 0 aliphatic carbocycles. The van der Waals surface area contributed by atoms with Crippen molar-refractivity contribution in [2.24, 2.45) is 0 Å². The Morgan fingerprint density at radius 2 is 2.10 bits per heavy atom. The van der Waals surface area contributed by atoms with Gasteiger partial charge in [0.05, 0.1) is 6.54 Å². The van der Waals surface area contributed by atoms with Gasteiger partial charge in [0.2, 0.25) is 5.12 Å². The number of thioether (sulfide) groups is 1. The Kier molecular flexibility index (Phi) is 1.99. The van der Waals surface area contributed by atoms with Crippen LogP contribution in [0.2, 0.25) is 0 Å². The molecule has 0 aromatic rings. The Morgan fingerprint density at radius 3 is 2.30 bits per heavy atom. The van der Waals surface area contributed by atoms with Crippen LogP contribution >= 0.6 is 11.8 Å². The van der Waals surface area contributed by atoms with Crippen LogP contribution in [0.15, 0.2) is 0 Å². The molecule has 10 heavy (non-hydrogen) atoms. The molecule has 1 rings (SSSR count). The highest BCUT2D eigenvalue weighted by Gasteiger charge is 2.29. The summed E-state index contributed by atoms with van der Waals surface area (Å²) in [5.74, 6) is 0. The lowest BCUT2D eigenvalue weighted by molar-refractivity contribution is -0.111. The molecule has 1 aliphatic heterocycles. The lowest BCUT2D eigenvalue weighted by Crippen LogP contribution is -2.30. The van der Waals surface area contributed by atoms with Gasteiger partial charge in [-0.25, -0.2) is 0 Å². The maximum Gasteiger partial charge on any atom is 0.289 e. The third kappa shape index (κ3) is 1.31. The highest BCUT2D eigenvalue weighted by atomic mass is 32.2. The van der Waals surface area contributed by atoms with Crippen molar-refractivity contribution in [2.75, 3.05) is 6.54 Å². The molecule has 0 spiro atoms. The molecule has 4 heteroatoms. The van der Waals surface area contributed by atoms with Gasteiger partial charge in [0, 0.05) is 17.8 Å². The van der Waals surface area contributed by atoms with Crippen LogP contribution < -0.4 is 0 Å². The van der Waals surface area contributed by atoms with Crippen molar-refractivity contribution in [3.05, 3.63) is 0 Å². The van der Waals surface area contributed by atoms with Gasteiger partial charge in [-0.1, -0.05) is 0 Å². The molecule has 0 bridgehead atoms. The van der Waals surface area contributed by atoms with Crippen LogP contribution in [-0.4, -0.2) is 27.8 Å². The second-order valence-corrected chi connectivity index (χ2v) is 3.47. The van der Waals surface area contributed by atoms with Crippen LogP contribution in [0.1, 0.15) is 13.8 Å². The zero-order valence-electron chi connectivity index (χ0n) is 5.96. The average Bonchev–Trinajstić information content (AvgIpc) is 2.10. The first-order valence-corrected chi connectivity index (χ1v) is 3.94. The van der Waals surface area contributed by atoms with Crippen molar-refractivity contribution in [2.45, 2.75) is 19.9 Å². The summed E-state index contributed by atoms with van der Waals surface area (Å²) in [6, 6.07) is 0.145. The third-order valence-corrected chi connectivity index (χ3v) is 2.12. The van der Waals surface area contributed by atoms with Gasteiger partial charge in [-0.3, -0.25) is 9.59 Å². The summed E-state index contributed by atoms with van der Waals surface area (Å²) in [6.45, 7) is 4.08. The van der Waals surface area contributed by atoms with Crippen LogP contribution in [0.3, 0.4) is 0 Å². The lowest BCUT2D eigenvalue weighted by Gasteiger charge is -2.17. The van der Waals surface area contributed by atoms with E-state index in [1.165, 1.54) is 0 Å². The van der Waals surface area contributed by atoms with Crippen LogP contribution in [0.25, 0.3) is 0 Å². The van der Waals surface area contributed by atoms with Gasteiger partial charge in [-0.15, -0.1) is 0 Å². The van der Waals surface area contributed by atoms with E-state index in [4.69, 9.17) is 0 Å². The highest BCUT2D eigenvalue weighted by molar-refractivity contribution is 8.26. The van der Waals surface area contributed by atoms with E-state index in [1.54, 1.807) is 4.90 Å². The Morgan fingerprint density at radius 1 is 1.50 bits per heavy atom. The maximum atomic E-state index is 10.9. The van der Waals surface area contributed by atoms with Crippen LogP contribution in [0.4, 0.5) is 4.79 Å². The molecule has 56 valence electrons. The summed E-state index contributed by atoms with van der Waals surface area (Å²) in [6.07, 6.45) is 0. The maximum absolute atomic E-state index is 10.9. The Balaban J connectivity index is 2.63. The molecule has 1 aliphatic rings. The highest BCUT2D eigenvalue weighted by Crippen LogP contribution is 2.20. The van der Waals surface area contributed by atoms with Crippen molar-refractivity contribution in [3.63, 3.8) is 0 Å². The molecule has 3 nitrogen and oxygen atoms in total. The van der Waals surface area contributed by atoms with Crippen LogP contribution in [0, 0.1) is 0 Å². The van der Waals surface area contributed by atoms with Gasteiger partial charge in [-0.2, -0.15) is 0 Å². The zero-order valence-corrected chi connectivity index (χ0v) is 6.77. The molecule has 0 N–H and O–H groups in total. The summed E-state index contributed by atoms with van der Waals surface area (Å²) in [7, 11) is 0. The lowest BCUT2D eigenvalue weighted by atomic mass is 10.3. The first kappa shape index (κ1) is 7.60. The predicted molar refractivity (Wildman–Crippen MR) is 39.8 cm³/mol. The summed E-state index contributed by atoms with van der Waals surface area (Å²) in [4.78, 5) is 23.1. The molecule has 1 fully saturated rings. The van der Waals surface area contributed by atoms with E-state index in [-0.39, 0.29) is 22.9 Å². The molecular formula is C6H9NO2S. The van der Waals surface area contributed by atoms with Gasteiger partial charge in [0.25, 0.3) is 5.24 Å². The minimum absolute atomic E-state index is 0.0429. The smallest absolute Gasteiger partial charge is 0.289 e. The Hall–Kier alpha value is -0.510. The summed E-state index contributed by atoms with van der Waals surface area (Å²) < 4.78 is 0. The minimum Gasteiger partial charge on any atom is -0.323 e. The number of amides is 1. The number of carbonyl (C=O) groups is 2. The average molecular weight is 159 g/mol. The van der Waals surface area contributed by atoms with E-state index in [2.05, 4.69) is 0 Å². The first-order valence-electron chi connectivity index (χ1n) is 3.12. The Bertz CT molecular complexity index is 179. The van der Waals surface area contributed by atoms with Crippen molar-refractivity contribution in [1.82, 2.24) is 4.90 Å². The fourth-order valence-corrected chi connectivity index (χ4v) is 1.58. The van der Waals surface area contributed by atoms with Crippen molar-refractivity contribution in [3.8, 4) is 0 Å². The monoisotopic (exact) mass is 159 g/mol. The predicted octanol–water partition coefficient (Wildman–Crippen LogP) is 1.09. The van der Waals surface area contributed by atoms with E-state index in [0.29, 0.717) is 0 Å². The molecule has 0 aromatic heterocycles. The fourth-order valence-electron chi connectivity index (χ4n) is 0.785. The van der Waals surface area contributed by atoms with E-state index < -0.39 is 0 Å². The molecule has 0 saturated carbocycles. The quantitative estimate of drug-likeness (QED) is 0.574. The van der Waals surface area contributed by atoms with E-state index >= 15 is 0 Å². The fraction of sp³-hybridized carbons (Fsp3) is 0.667. The van der Waals surface area contributed by atoms with Gasteiger partial charge >= 0.3 is 0 Å². The van der Waals surface area contributed by atoms with Gasteiger partial charge in [0.15, 0.2) is 0 Å². The summed E-state index contributed by atoms with van der Waals surface area (Å²) >= 11 is 0.805. The SMILES string of the molecule is CC(C)N1CC(=O)SC1=O. The number of carbonyl (C=O) groups excluding carboxylic acids is 2. The van der Waals surface area contributed by atoms with Crippen LogP contribution in [-0.2, 0) is 4.79 Å². The normalized spacial score (nSPS) is 19.3. The van der Waals surface area contributed by atoms with Gasteiger partial charge in [-0.05, 0) is 13.8 Å². The summed E-state index contributed by atoms with van der Waals surface area (Å²) in [5.41, 5.74) is 0. The van der Waals surface area contributed by atoms with Crippen molar-refractivity contribution >= 4 is 22.1 Å².